The Morgan fingerprint density at radius 3 is 2.30 bits per heavy atom. The van der Waals surface area contributed by atoms with Crippen LogP contribution in [0, 0.1) is 5.41 Å². The molecule has 1 aromatic carbocycles. The molecule has 1 aliphatic rings. The van der Waals surface area contributed by atoms with E-state index in [1.54, 1.807) is 0 Å². The van der Waals surface area contributed by atoms with Crippen LogP contribution in [0.1, 0.15) is 69.4 Å². The van der Waals surface area contributed by atoms with Crippen LogP contribution in [0.25, 0.3) is 0 Å². The minimum absolute atomic E-state index is 0.726. The minimum Gasteiger partial charge on any atom is -0.352 e. The molecular formula is C18H28N2. The lowest BCUT2D eigenvalue weighted by atomic mass is 10.1. The molecule has 0 atom stereocenters. The van der Waals surface area contributed by atoms with Gasteiger partial charge in [0.15, 0.2) is 0 Å². The number of unbranched alkanes of at least 4 members (excludes halogenated alkanes) is 7. The molecule has 0 saturated heterocycles. The summed E-state index contributed by atoms with van der Waals surface area (Å²) in [6.07, 6.45) is 10.8. The molecule has 110 valence electrons. The Morgan fingerprint density at radius 2 is 1.60 bits per heavy atom. The monoisotopic (exact) mass is 272 g/mol. The highest BCUT2D eigenvalue weighted by molar-refractivity contribution is 6.00. The number of rotatable bonds is 9. The van der Waals surface area contributed by atoms with Crippen LogP contribution in [-0.4, -0.2) is 17.3 Å². The first-order chi connectivity index (χ1) is 9.83. The summed E-state index contributed by atoms with van der Waals surface area (Å²) in [4.78, 5) is 2.22. The third-order valence-corrected chi connectivity index (χ3v) is 4.23. The van der Waals surface area contributed by atoms with Gasteiger partial charge in [-0.1, -0.05) is 76.1 Å². The van der Waals surface area contributed by atoms with Gasteiger partial charge < -0.3 is 4.90 Å². The molecule has 1 N–H and O–H groups in total. The Hall–Kier alpha value is -1.31. The Labute approximate surface area is 123 Å². The van der Waals surface area contributed by atoms with E-state index in [9.17, 15) is 0 Å². The average Bonchev–Trinajstić information content (AvgIpc) is 2.79. The van der Waals surface area contributed by atoms with Gasteiger partial charge in [-0.2, -0.15) is 0 Å². The van der Waals surface area contributed by atoms with E-state index in [-0.39, 0.29) is 0 Å². The van der Waals surface area contributed by atoms with Crippen LogP contribution >= 0.6 is 0 Å². The van der Waals surface area contributed by atoms with Gasteiger partial charge in [0.05, 0.1) is 0 Å². The van der Waals surface area contributed by atoms with Gasteiger partial charge in [0.2, 0.25) is 0 Å². The highest BCUT2D eigenvalue weighted by Crippen LogP contribution is 2.22. The normalized spacial score (nSPS) is 13.8. The van der Waals surface area contributed by atoms with Crippen LogP contribution in [0.3, 0.4) is 0 Å². The molecular weight excluding hydrogens is 244 g/mol. The number of nitrogens with zero attached hydrogens (tertiary/aromatic N) is 1. The van der Waals surface area contributed by atoms with Crippen molar-refractivity contribution >= 4 is 5.84 Å². The van der Waals surface area contributed by atoms with Crippen LogP contribution < -0.4 is 0 Å². The topological polar surface area (TPSA) is 27.1 Å². The van der Waals surface area contributed by atoms with E-state index < -0.39 is 0 Å². The summed E-state index contributed by atoms with van der Waals surface area (Å²) in [6.45, 7) is 4.25. The molecule has 1 aliphatic heterocycles. The molecule has 0 unspecified atom stereocenters. The van der Waals surface area contributed by atoms with Crippen molar-refractivity contribution in [1.29, 1.82) is 5.41 Å². The maximum atomic E-state index is 8.21. The first-order valence-corrected chi connectivity index (χ1v) is 8.24. The van der Waals surface area contributed by atoms with E-state index in [0.29, 0.717) is 0 Å². The van der Waals surface area contributed by atoms with Gasteiger partial charge in [-0.05, 0) is 12.0 Å². The highest BCUT2D eigenvalue weighted by Gasteiger charge is 2.22. The molecule has 0 spiro atoms. The van der Waals surface area contributed by atoms with E-state index in [2.05, 4.69) is 30.0 Å². The molecule has 0 radical (unpaired) electrons. The average molecular weight is 272 g/mol. The van der Waals surface area contributed by atoms with Gasteiger partial charge in [-0.15, -0.1) is 0 Å². The third-order valence-electron chi connectivity index (χ3n) is 4.23. The van der Waals surface area contributed by atoms with Crippen LogP contribution in [0.5, 0.6) is 0 Å². The van der Waals surface area contributed by atoms with Crippen LogP contribution in [0.15, 0.2) is 24.3 Å². The number of nitrogens with one attached hydrogen (secondary N) is 1. The quantitative estimate of drug-likeness (QED) is 0.631. The fourth-order valence-corrected chi connectivity index (χ4v) is 2.97. The van der Waals surface area contributed by atoms with Gasteiger partial charge in [-0.3, -0.25) is 5.41 Å². The molecule has 0 saturated carbocycles. The van der Waals surface area contributed by atoms with Gasteiger partial charge >= 0.3 is 0 Å². The lowest BCUT2D eigenvalue weighted by Gasteiger charge is -2.17. The van der Waals surface area contributed by atoms with Gasteiger partial charge in [0, 0.05) is 18.7 Å². The maximum absolute atomic E-state index is 8.21. The molecule has 1 aromatic rings. The van der Waals surface area contributed by atoms with E-state index in [1.165, 1.54) is 56.9 Å². The maximum Gasteiger partial charge on any atom is 0.128 e. The summed E-state index contributed by atoms with van der Waals surface area (Å²) in [5, 5.41) is 8.21. The second-order valence-corrected chi connectivity index (χ2v) is 5.90. The van der Waals surface area contributed by atoms with Crippen LogP contribution in [0.4, 0.5) is 0 Å². The van der Waals surface area contributed by atoms with Gasteiger partial charge in [0.1, 0.15) is 5.84 Å². The molecule has 2 nitrogen and oxygen atoms in total. The van der Waals surface area contributed by atoms with Crippen molar-refractivity contribution in [1.82, 2.24) is 4.90 Å². The zero-order chi connectivity index (χ0) is 14.2. The number of benzene rings is 1. The fraction of sp³-hybridized carbons (Fsp3) is 0.611. The Balaban J connectivity index is 1.59. The van der Waals surface area contributed by atoms with Gasteiger partial charge in [0.25, 0.3) is 0 Å². The summed E-state index contributed by atoms with van der Waals surface area (Å²) in [7, 11) is 0. The lowest BCUT2D eigenvalue weighted by molar-refractivity contribution is 0.406. The molecule has 0 amide bonds. The molecule has 0 aromatic heterocycles. The fourth-order valence-electron chi connectivity index (χ4n) is 2.97. The third kappa shape index (κ3) is 4.09. The minimum atomic E-state index is 0.726. The van der Waals surface area contributed by atoms with Crippen molar-refractivity contribution in [3.63, 3.8) is 0 Å². The smallest absolute Gasteiger partial charge is 0.128 e. The molecule has 0 fully saturated rings. The van der Waals surface area contributed by atoms with Gasteiger partial charge in [-0.25, -0.2) is 0 Å². The zero-order valence-corrected chi connectivity index (χ0v) is 12.8. The number of amidine groups is 1. The molecule has 20 heavy (non-hydrogen) atoms. The van der Waals surface area contributed by atoms with E-state index in [4.69, 9.17) is 5.41 Å². The predicted octanol–water partition coefficient (Wildman–Crippen LogP) is 4.97. The van der Waals surface area contributed by atoms with E-state index in [1.807, 2.05) is 6.07 Å². The Kier molecular flexibility index (Phi) is 6.10. The van der Waals surface area contributed by atoms with Crippen molar-refractivity contribution in [3.05, 3.63) is 35.4 Å². The lowest BCUT2D eigenvalue weighted by Crippen LogP contribution is -2.24. The summed E-state index contributed by atoms with van der Waals surface area (Å²) in [5.74, 6) is 0.726. The molecule has 2 rings (SSSR count). The standard InChI is InChI=1S/C18H28N2/c1-2-3-4-5-6-7-8-11-14-20-15-16-12-9-10-13-17(16)18(20)19/h9-10,12-13,19H,2-8,11,14-15H2,1H3. The van der Waals surface area contributed by atoms with Crippen molar-refractivity contribution in [3.8, 4) is 0 Å². The summed E-state index contributed by atoms with van der Waals surface area (Å²) in [6, 6.07) is 8.34. The van der Waals surface area contributed by atoms with Crippen molar-refractivity contribution in [2.24, 2.45) is 0 Å². The molecule has 2 heteroatoms. The SMILES string of the molecule is CCCCCCCCCCN1Cc2ccccc2C1=N. The van der Waals surface area contributed by atoms with Crippen molar-refractivity contribution in [2.45, 2.75) is 64.8 Å². The number of hydrogen-bond donors (Lipinski definition) is 1. The number of hydrogen-bond acceptors (Lipinski definition) is 1. The first-order valence-electron chi connectivity index (χ1n) is 8.24. The van der Waals surface area contributed by atoms with E-state index >= 15 is 0 Å². The van der Waals surface area contributed by atoms with Crippen molar-refractivity contribution in [2.75, 3.05) is 6.54 Å². The predicted molar refractivity (Wildman–Crippen MR) is 86.3 cm³/mol. The second-order valence-electron chi connectivity index (χ2n) is 5.90. The van der Waals surface area contributed by atoms with Crippen LogP contribution in [-0.2, 0) is 6.54 Å². The highest BCUT2D eigenvalue weighted by atomic mass is 15.2. The molecule has 0 aliphatic carbocycles. The Morgan fingerprint density at radius 1 is 0.950 bits per heavy atom. The second kappa shape index (κ2) is 8.08. The first kappa shape index (κ1) is 15.1. The summed E-state index contributed by atoms with van der Waals surface area (Å²) in [5.41, 5.74) is 2.45. The zero-order valence-electron chi connectivity index (χ0n) is 12.8. The van der Waals surface area contributed by atoms with E-state index in [0.717, 1.165) is 24.5 Å². The van der Waals surface area contributed by atoms with Crippen LogP contribution in [0.2, 0.25) is 0 Å². The largest absolute Gasteiger partial charge is 0.352 e. The Bertz CT molecular complexity index is 425. The number of fused-ring (bicyclic) bond motifs is 1. The molecule has 1 heterocycles. The van der Waals surface area contributed by atoms with Crippen molar-refractivity contribution < 1.29 is 0 Å². The molecule has 0 bridgehead atoms. The summed E-state index contributed by atoms with van der Waals surface area (Å²) < 4.78 is 0. The summed E-state index contributed by atoms with van der Waals surface area (Å²) >= 11 is 0.